The summed E-state index contributed by atoms with van der Waals surface area (Å²) in [7, 11) is 0. The van der Waals surface area contributed by atoms with E-state index in [-0.39, 0.29) is 23.3 Å². The highest BCUT2D eigenvalue weighted by molar-refractivity contribution is 6.09. The van der Waals surface area contributed by atoms with E-state index in [0.29, 0.717) is 28.9 Å². The number of amides is 1. The second kappa shape index (κ2) is 9.38. The summed E-state index contributed by atoms with van der Waals surface area (Å²) in [5.74, 6) is -0.684. The molecule has 1 amide bonds. The Kier molecular flexibility index (Phi) is 5.98. The zero-order chi connectivity index (χ0) is 27.4. The van der Waals surface area contributed by atoms with Crippen molar-refractivity contribution in [1.82, 2.24) is 39.6 Å². The smallest absolute Gasteiger partial charge is 0.259 e. The van der Waals surface area contributed by atoms with Gasteiger partial charge < -0.3 is 10.4 Å². The Labute approximate surface area is 223 Å². The average Bonchev–Trinajstić information content (AvgIpc) is 3.34. The lowest BCUT2D eigenvalue weighted by Gasteiger charge is -2.11. The maximum Gasteiger partial charge on any atom is 0.259 e. The molecule has 4 heterocycles. The number of pyridine rings is 1. The fraction of sp³-hybridized carbons (Fsp3) is 0.333. The van der Waals surface area contributed by atoms with Gasteiger partial charge in [-0.05, 0) is 81.1 Å². The van der Waals surface area contributed by atoms with Gasteiger partial charge in [-0.3, -0.25) is 9.48 Å². The van der Waals surface area contributed by atoms with Crippen LogP contribution in [0.2, 0.25) is 0 Å². The molecule has 39 heavy (non-hydrogen) atoms. The normalized spacial score (nSPS) is 14.2. The number of fused-ring (bicyclic) bond motifs is 1. The van der Waals surface area contributed by atoms with Crippen LogP contribution in [-0.2, 0) is 6.54 Å². The maximum atomic E-state index is 14.8. The van der Waals surface area contributed by atoms with Crippen molar-refractivity contribution < 1.29 is 14.3 Å². The Morgan fingerprint density at radius 1 is 1.21 bits per heavy atom. The van der Waals surface area contributed by atoms with Crippen LogP contribution < -0.4 is 5.32 Å². The molecule has 11 nitrogen and oxygen atoms in total. The monoisotopic (exact) mass is 529 g/mol. The first-order valence-electron chi connectivity index (χ1n) is 12.8. The fourth-order valence-corrected chi connectivity index (χ4v) is 4.82. The number of halogens is 1. The summed E-state index contributed by atoms with van der Waals surface area (Å²) in [4.78, 5) is 14.9. The molecule has 2 N–H and O–H groups in total. The Morgan fingerprint density at radius 3 is 2.74 bits per heavy atom. The maximum absolute atomic E-state index is 14.8. The average molecular weight is 530 g/mol. The van der Waals surface area contributed by atoms with Crippen LogP contribution >= 0.6 is 0 Å². The molecule has 4 aromatic heterocycles. The van der Waals surface area contributed by atoms with E-state index >= 15 is 0 Å². The minimum Gasteiger partial charge on any atom is -0.391 e. The number of hydrogen-bond donors (Lipinski definition) is 2. The van der Waals surface area contributed by atoms with E-state index in [9.17, 15) is 14.3 Å². The highest BCUT2D eigenvalue weighted by Gasteiger charge is 2.27. The Morgan fingerprint density at radius 2 is 2.00 bits per heavy atom. The Hall–Kier alpha value is -4.45. The third kappa shape index (κ3) is 4.56. The van der Waals surface area contributed by atoms with Gasteiger partial charge in [0.15, 0.2) is 0 Å². The number of tetrazole rings is 1. The number of aromatic nitrogens is 8. The van der Waals surface area contributed by atoms with Crippen LogP contribution in [-0.4, -0.2) is 56.7 Å². The topological polar surface area (TPSA) is 128 Å². The summed E-state index contributed by atoms with van der Waals surface area (Å²) < 4.78 is 18.3. The molecule has 0 unspecified atom stereocenters. The molecule has 0 radical (unpaired) electrons. The number of hydrogen-bond acceptors (Lipinski definition) is 7. The summed E-state index contributed by atoms with van der Waals surface area (Å²) in [5.41, 5.74) is 5.73. The molecule has 12 heteroatoms. The molecule has 1 aliphatic carbocycles. The molecule has 5 aromatic rings. The summed E-state index contributed by atoms with van der Waals surface area (Å²) in [6.07, 6.45) is 4.74. The van der Waals surface area contributed by atoms with Crippen LogP contribution in [0.25, 0.3) is 28.0 Å². The summed E-state index contributed by atoms with van der Waals surface area (Å²) in [6.45, 7) is 7.71. The van der Waals surface area contributed by atoms with Crippen LogP contribution in [0.15, 0.2) is 36.7 Å². The van der Waals surface area contributed by atoms with Crippen molar-refractivity contribution in [3.8, 4) is 22.5 Å². The van der Waals surface area contributed by atoms with Gasteiger partial charge in [-0.1, -0.05) is 0 Å². The Balaban J connectivity index is 1.32. The van der Waals surface area contributed by atoms with Crippen molar-refractivity contribution >= 4 is 17.1 Å². The summed E-state index contributed by atoms with van der Waals surface area (Å²) in [6, 6.07) is 6.93. The molecular formula is C27H28FN9O2. The lowest BCUT2D eigenvalue weighted by Crippen LogP contribution is -2.14. The van der Waals surface area contributed by atoms with Crippen molar-refractivity contribution in [1.29, 1.82) is 0 Å². The van der Waals surface area contributed by atoms with Crippen LogP contribution in [0.1, 0.15) is 53.1 Å². The molecule has 1 aliphatic rings. The van der Waals surface area contributed by atoms with Crippen LogP contribution in [0, 0.1) is 26.6 Å². The lowest BCUT2D eigenvalue weighted by atomic mass is 10.0. The van der Waals surface area contributed by atoms with E-state index in [1.54, 1.807) is 29.2 Å². The fourth-order valence-electron chi connectivity index (χ4n) is 4.82. The zero-order valence-electron chi connectivity index (χ0n) is 22.1. The number of aliphatic hydroxyl groups is 1. The number of nitrogens with one attached hydrogen (secondary N) is 1. The number of benzene rings is 1. The predicted octanol–water partition coefficient (Wildman–Crippen LogP) is 3.88. The molecule has 0 spiro atoms. The Bertz CT molecular complexity index is 1730. The van der Waals surface area contributed by atoms with Crippen LogP contribution in [0.4, 0.5) is 10.1 Å². The molecule has 1 saturated carbocycles. The highest BCUT2D eigenvalue weighted by atomic mass is 19.1. The minimum atomic E-state index is -0.528. The van der Waals surface area contributed by atoms with Gasteiger partial charge in [0.2, 0.25) is 5.82 Å². The molecule has 1 atom stereocenters. The lowest BCUT2D eigenvalue weighted by molar-refractivity contribution is 0.102. The first kappa shape index (κ1) is 24.9. The van der Waals surface area contributed by atoms with E-state index in [1.165, 1.54) is 23.1 Å². The number of anilines is 1. The molecule has 0 bridgehead atoms. The summed E-state index contributed by atoms with van der Waals surface area (Å²) in [5, 5.41) is 34.0. The van der Waals surface area contributed by atoms with Crippen molar-refractivity contribution in [2.24, 2.45) is 0 Å². The molecule has 0 saturated heterocycles. The predicted molar refractivity (Wildman–Crippen MR) is 142 cm³/mol. The van der Waals surface area contributed by atoms with Gasteiger partial charge in [-0.25, -0.2) is 8.91 Å². The third-order valence-corrected chi connectivity index (χ3v) is 6.98. The third-order valence-electron chi connectivity index (χ3n) is 6.98. The van der Waals surface area contributed by atoms with Gasteiger partial charge in [-0.15, -0.1) is 10.2 Å². The highest BCUT2D eigenvalue weighted by Crippen LogP contribution is 2.34. The van der Waals surface area contributed by atoms with E-state index in [0.717, 1.165) is 35.4 Å². The first-order valence-corrected chi connectivity index (χ1v) is 12.8. The molecule has 200 valence electrons. The number of nitrogens with zero attached hydrogens (tertiary/aromatic N) is 8. The van der Waals surface area contributed by atoms with Gasteiger partial charge in [0.25, 0.3) is 5.91 Å². The standard InChI is InChI=1S/C27H28FN9O2/c1-14-9-22(28)20(26-31-34-37(33-26)19-5-6-19)11-23(14)30-27(39)21-12-29-35-8-7-18(10-24(21)35)25-16(3)32-36(17(25)4)13-15(2)38/h7-12,15,19,38H,5-6,13H2,1-4H3,(H,30,39)/t15-/m0/s1. The molecule has 1 aromatic carbocycles. The van der Waals surface area contributed by atoms with E-state index in [4.69, 9.17) is 0 Å². The second-order valence-corrected chi connectivity index (χ2v) is 10.1. The SMILES string of the molecule is Cc1cc(F)c(-c2nnn(C3CC3)n2)cc1NC(=O)c1cnn2ccc(-c3c(C)nn(C[C@H](C)O)c3C)cc12. The van der Waals surface area contributed by atoms with Crippen molar-refractivity contribution in [3.05, 3.63) is 65.0 Å². The molecular weight excluding hydrogens is 501 g/mol. The van der Waals surface area contributed by atoms with E-state index in [1.807, 2.05) is 26.0 Å². The molecule has 0 aliphatic heterocycles. The van der Waals surface area contributed by atoms with Crippen molar-refractivity contribution in [2.75, 3.05) is 5.32 Å². The van der Waals surface area contributed by atoms with Crippen LogP contribution in [0.5, 0.6) is 0 Å². The summed E-state index contributed by atoms with van der Waals surface area (Å²) >= 11 is 0. The van der Waals surface area contributed by atoms with Crippen molar-refractivity contribution in [2.45, 2.75) is 59.2 Å². The minimum absolute atomic E-state index is 0.171. The number of carbonyl (C=O) groups is 1. The first-order chi connectivity index (χ1) is 18.7. The molecule has 6 rings (SSSR count). The van der Waals surface area contributed by atoms with Gasteiger partial charge in [0, 0.05) is 23.1 Å². The molecule has 1 fully saturated rings. The van der Waals surface area contributed by atoms with Gasteiger partial charge in [-0.2, -0.15) is 15.0 Å². The van der Waals surface area contributed by atoms with Crippen LogP contribution in [0.3, 0.4) is 0 Å². The van der Waals surface area contributed by atoms with Gasteiger partial charge >= 0.3 is 0 Å². The van der Waals surface area contributed by atoms with E-state index < -0.39 is 11.9 Å². The van der Waals surface area contributed by atoms with E-state index in [2.05, 4.69) is 30.9 Å². The number of aliphatic hydroxyl groups excluding tert-OH is 1. The number of rotatable bonds is 7. The zero-order valence-corrected chi connectivity index (χ0v) is 22.1. The van der Waals surface area contributed by atoms with Crippen molar-refractivity contribution in [3.63, 3.8) is 0 Å². The van der Waals surface area contributed by atoms with Gasteiger partial charge in [0.1, 0.15) is 5.82 Å². The quantitative estimate of drug-likeness (QED) is 0.327. The largest absolute Gasteiger partial charge is 0.391 e. The number of carbonyl (C=O) groups excluding carboxylic acids is 1. The second-order valence-electron chi connectivity index (χ2n) is 10.1. The van der Waals surface area contributed by atoms with Gasteiger partial charge in [0.05, 0.1) is 47.2 Å². The number of aryl methyl sites for hydroxylation is 2.